The molecule has 1 aromatic carbocycles. The molecular formula is C11H9Cl2NO2S. The topological polar surface area (TPSA) is 46.2 Å². The van der Waals surface area contributed by atoms with Gasteiger partial charge in [0.05, 0.1) is 21.7 Å². The van der Waals surface area contributed by atoms with Crippen LogP contribution in [0.1, 0.15) is 16.8 Å². The first kappa shape index (κ1) is 12.7. The van der Waals surface area contributed by atoms with Crippen LogP contribution in [0.5, 0.6) is 0 Å². The van der Waals surface area contributed by atoms with Crippen LogP contribution in [0, 0.1) is 0 Å². The second-order valence-electron chi connectivity index (χ2n) is 3.58. The fourth-order valence-electron chi connectivity index (χ4n) is 1.57. The van der Waals surface area contributed by atoms with Crippen LogP contribution >= 0.6 is 35.0 Å². The number of carbonyl (C=O) groups is 2. The molecule has 0 saturated carbocycles. The zero-order valence-electron chi connectivity index (χ0n) is 8.70. The number of benzene rings is 1. The number of halogens is 2. The maximum Gasteiger partial charge on any atom is 0.254 e. The van der Waals surface area contributed by atoms with Gasteiger partial charge in [0.1, 0.15) is 0 Å². The molecule has 1 atom stereocenters. The summed E-state index contributed by atoms with van der Waals surface area (Å²) in [5, 5.41) is 3.21. The second kappa shape index (κ2) is 5.29. The van der Waals surface area contributed by atoms with E-state index in [1.165, 1.54) is 11.8 Å². The summed E-state index contributed by atoms with van der Waals surface area (Å²) in [7, 11) is 0. The minimum Gasteiger partial charge on any atom is -0.341 e. The van der Waals surface area contributed by atoms with E-state index in [1.807, 2.05) is 0 Å². The van der Waals surface area contributed by atoms with Gasteiger partial charge in [-0.1, -0.05) is 41.0 Å². The Balaban J connectivity index is 2.17. The van der Waals surface area contributed by atoms with Gasteiger partial charge in [-0.05, 0) is 18.6 Å². The van der Waals surface area contributed by atoms with Gasteiger partial charge in [-0.2, -0.15) is 0 Å². The quantitative estimate of drug-likeness (QED) is 0.911. The van der Waals surface area contributed by atoms with Gasteiger partial charge in [-0.25, -0.2) is 0 Å². The van der Waals surface area contributed by atoms with Gasteiger partial charge in [0, 0.05) is 5.75 Å². The first-order chi connectivity index (χ1) is 8.09. The molecule has 1 unspecified atom stereocenters. The Morgan fingerprint density at radius 2 is 2.00 bits per heavy atom. The Bertz CT molecular complexity index is 458. The van der Waals surface area contributed by atoms with Gasteiger partial charge >= 0.3 is 0 Å². The molecule has 1 N–H and O–H groups in total. The highest BCUT2D eigenvalue weighted by molar-refractivity contribution is 8.14. The fraction of sp³-hybridized carbons (Fsp3) is 0.273. The Hall–Kier alpha value is -0.710. The lowest BCUT2D eigenvalue weighted by molar-refractivity contribution is -0.112. The summed E-state index contributed by atoms with van der Waals surface area (Å²) < 4.78 is 0. The van der Waals surface area contributed by atoms with Crippen LogP contribution < -0.4 is 5.32 Å². The number of rotatable bonds is 2. The monoisotopic (exact) mass is 289 g/mol. The molecule has 1 saturated heterocycles. The van der Waals surface area contributed by atoms with E-state index in [9.17, 15) is 9.59 Å². The summed E-state index contributed by atoms with van der Waals surface area (Å²) in [4.78, 5) is 23.3. The highest BCUT2D eigenvalue weighted by atomic mass is 35.5. The van der Waals surface area contributed by atoms with Crippen LogP contribution in [-0.2, 0) is 4.79 Å². The molecule has 3 nitrogen and oxygen atoms in total. The molecule has 1 aliphatic heterocycles. The fourth-order valence-corrected chi connectivity index (χ4v) is 3.07. The summed E-state index contributed by atoms with van der Waals surface area (Å²) in [5.41, 5.74) is 0.223. The number of carbonyl (C=O) groups excluding carboxylic acids is 2. The summed E-state index contributed by atoms with van der Waals surface area (Å²) in [6.45, 7) is 0. The van der Waals surface area contributed by atoms with E-state index < -0.39 is 11.9 Å². The lowest BCUT2D eigenvalue weighted by atomic mass is 10.2. The van der Waals surface area contributed by atoms with Crippen molar-refractivity contribution >= 4 is 46.0 Å². The first-order valence-electron chi connectivity index (χ1n) is 5.01. The second-order valence-corrected chi connectivity index (χ2v) is 5.49. The Morgan fingerprint density at radius 1 is 1.35 bits per heavy atom. The maximum atomic E-state index is 11.9. The molecule has 0 bridgehead atoms. The molecule has 1 fully saturated rings. The highest BCUT2D eigenvalue weighted by Gasteiger charge is 2.28. The van der Waals surface area contributed by atoms with E-state index >= 15 is 0 Å². The van der Waals surface area contributed by atoms with E-state index in [1.54, 1.807) is 18.2 Å². The summed E-state index contributed by atoms with van der Waals surface area (Å²) in [6.07, 6.45) is 0.650. The van der Waals surface area contributed by atoms with Crippen molar-refractivity contribution in [2.24, 2.45) is 0 Å². The standard InChI is InChI=1S/C11H9Cl2NO2S/c12-6-2-1-3-7(13)9(6)10(15)14-8-4-5-17-11(8)16/h1-3,8H,4-5H2,(H,14,15). The van der Waals surface area contributed by atoms with Gasteiger partial charge in [0.15, 0.2) is 0 Å². The third-order valence-corrected chi connectivity index (χ3v) is 4.07. The molecular weight excluding hydrogens is 281 g/mol. The molecule has 90 valence electrons. The summed E-state index contributed by atoms with van der Waals surface area (Å²) in [6, 6.07) is 4.42. The van der Waals surface area contributed by atoms with Crippen molar-refractivity contribution in [1.29, 1.82) is 0 Å². The molecule has 1 aliphatic rings. The molecule has 17 heavy (non-hydrogen) atoms. The van der Waals surface area contributed by atoms with Crippen LogP contribution in [0.4, 0.5) is 0 Å². The largest absolute Gasteiger partial charge is 0.341 e. The van der Waals surface area contributed by atoms with Crippen LogP contribution in [0.25, 0.3) is 0 Å². The number of thioether (sulfide) groups is 1. The van der Waals surface area contributed by atoms with Crippen molar-refractivity contribution in [3.05, 3.63) is 33.8 Å². The van der Waals surface area contributed by atoms with Crippen molar-refractivity contribution in [2.45, 2.75) is 12.5 Å². The Morgan fingerprint density at radius 3 is 2.53 bits per heavy atom. The number of hydrogen-bond acceptors (Lipinski definition) is 3. The maximum absolute atomic E-state index is 11.9. The molecule has 1 aromatic rings. The normalized spacial score (nSPS) is 19.4. The number of nitrogens with one attached hydrogen (secondary N) is 1. The zero-order valence-corrected chi connectivity index (χ0v) is 11.0. The minimum atomic E-state index is -0.431. The third kappa shape index (κ3) is 2.76. The van der Waals surface area contributed by atoms with Crippen LogP contribution in [0.2, 0.25) is 10.0 Å². The molecule has 2 rings (SSSR count). The number of amides is 1. The third-order valence-electron chi connectivity index (χ3n) is 2.43. The van der Waals surface area contributed by atoms with Crippen LogP contribution in [0.3, 0.4) is 0 Å². The van der Waals surface area contributed by atoms with Gasteiger partial charge in [0.2, 0.25) is 5.12 Å². The van der Waals surface area contributed by atoms with Crippen molar-refractivity contribution in [3.63, 3.8) is 0 Å². The van der Waals surface area contributed by atoms with Crippen LogP contribution in [-0.4, -0.2) is 22.8 Å². The van der Waals surface area contributed by atoms with Crippen molar-refractivity contribution in [3.8, 4) is 0 Å². The zero-order chi connectivity index (χ0) is 12.4. The molecule has 1 amide bonds. The predicted molar refractivity (Wildman–Crippen MR) is 69.8 cm³/mol. The Labute approximate surface area is 113 Å². The molecule has 6 heteroatoms. The van der Waals surface area contributed by atoms with Gasteiger partial charge in [-0.15, -0.1) is 0 Å². The van der Waals surface area contributed by atoms with E-state index in [0.717, 1.165) is 5.75 Å². The summed E-state index contributed by atoms with van der Waals surface area (Å²) >= 11 is 13.1. The van der Waals surface area contributed by atoms with E-state index in [2.05, 4.69) is 5.32 Å². The van der Waals surface area contributed by atoms with Crippen molar-refractivity contribution < 1.29 is 9.59 Å². The first-order valence-corrected chi connectivity index (χ1v) is 6.75. The summed E-state index contributed by atoms with van der Waals surface area (Å²) in [5.74, 6) is 0.335. The molecule has 0 aliphatic carbocycles. The average Bonchev–Trinajstić information content (AvgIpc) is 2.64. The molecule has 0 spiro atoms. The minimum absolute atomic E-state index is 0.0125. The Kier molecular flexibility index (Phi) is 3.97. The molecule has 1 heterocycles. The van der Waals surface area contributed by atoms with Gasteiger partial charge in [0.25, 0.3) is 5.91 Å². The average molecular weight is 290 g/mol. The molecule has 0 radical (unpaired) electrons. The van der Waals surface area contributed by atoms with Gasteiger partial charge < -0.3 is 5.32 Å². The number of hydrogen-bond donors (Lipinski definition) is 1. The van der Waals surface area contributed by atoms with Crippen molar-refractivity contribution in [2.75, 3.05) is 5.75 Å². The van der Waals surface area contributed by atoms with Crippen molar-refractivity contribution in [1.82, 2.24) is 5.32 Å². The van der Waals surface area contributed by atoms with Gasteiger partial charge in [-0.3, -0.25) is 9.59 Å². The molecule has 0 aromatic heterocycles. The van der Waals surface area contributed by atoms with E-state index in [4.69, 9.17) is 23.2 Å². The van der Waals surface area contributed by atoms with Crippen LogP contribution in [0.15, 0.2) is 18.2 Å². The highest BCUT2D eigenvalue weighted by Crippen LogP contribution is 2.25. The lowest BCUT2D eigenvalue weighted by Crippen LogP contribution is -2.37. The SMILES string of the molecule is O=C(NC1CCSC1=O)c1c(Cl)cccc1Cl. The lowest BCUT2D eigenvalue weighted by Gasteiger charge is -2.12. The predicted octanol–water partition coefficient (Wildman–Crippen LogP) is 2.76. The smallest absolute Gasteiger partial charge is 0.254 e. The van der Waals surface area contributed by atoms with E-state index in [0.29, 0.717) is 6.42 Å². The van der Waals surface area contributed by atoms with E-state index in [-0.39, 0.29) is 20.7 Å².